The summed E-state index contributed by atoms with van der Waals surface area (Å²) in [4.78, 5) is 30.2. The Morgan fingerprint density at radius 2 is 2.00 bits per heavy atom. The van der Waals surface area contributed by atoms with E-state index < -0.39 is 5.60 Å². The van der Waals surface area contributed by atoms with Crippen molar-refractivity contribution in [1.82, 2.24) is 15.5 Å². The Hall–Kier alpha value is -2.04. The van der Waals surface area contributed by atoms with Crippen molar-refractivity contribution < 1.29 is 14.3 Å². The first-order valence-corrected chi connectivity index (χ1v) is 10.0. The molecule has 1 atom stereocenters. The fourth-order valence-electron chi connectivity index (χ4n) is 2.98. The Balaban J connectivity index is 0.00000450. The number of guanidine groups is 1. The van der Waals surface area contributed by atoms with E-state index in [1.54, 1.807) is 7.05 Å². The summed E-state index contributed by atoms with van der Waals surface area (Å²) in [6.45, 7) is 9.76. The van der Waals surface area contributed by atoms with Crippen LogP contribution in [0.5, 0.6) is 0 Å². The molecule has 1 aromatic carbocycles. The van der Waals surface area contributed by atoms with Gasteiger partial charge in [-0.05, 0) is 39.3 Å². The van der Waals surface area contributed by atoms with Gasteiger partial charge >= 0.3 is 6.09 Å². The molecule has 2 amide bonds. The van der Waals surface area contributed by atoms with Crippen molar-refractivity contribution in [2.75, 3.05) is 38.5 Å². The lowest BCUT2D eigenvalue weighted by Crippen LogP contribution is -2.43. The Kier molecular flexibility index (Phi) is 10.4. The fraction of sp³-hybridized carbons (Fsp3) is 0.571. The molecule has 0 aliphatic carbocycles. The number of likely N-dealkylation sites (N-methyl/N-ethyl adjacent to an activating group) is 1. The van der Waals surface area contributed by atoms with Crippen LogP contribution in [0.3, 0.4) is 0 Å². The van der Waals surface area contributed by atoms with Crippen molar-refractivity contribution in [3.05, 3.63) is 29.8 Å². The van der Waals surface area contributed by atoms with Gasteiger partial charge in [0.15, 0.2) is 5.96 Å². The largest absolute Gasteiger partial charge is 0.444 e. The summed E-state index contributed by atoms with van der Waals surface area (Å²) in [5, 5.41) is 9.34. The predicted octanol–water partition coefficient (Wildman–Crippen LogP) is 3.15. The summed E-state index contributed by atoms with van der Waals surface area (Å²) < 4.78 is 5.35. The number of nitrogens with one attached hydrogen (secondary N) is 3. The van der Waals surface area contributed by atoms with E-state index in [2.05, 4.69) is 20.9 Å². The third-order valence-corrected chi connectivity index (χ3v) is 4.37. The lowest BCUT2D eigenvalue weighted by molar-refractivity contribution is -0.116. The highest BCUT2D eigenvalue weighted by atomic mass is 127. The SMILES string of the molecule is CCNC(=NCC1CC(=O)Nc2ccccc21)NCCN(C)C(=O)OC(C)(C)C.I. The van der Waals surface area contributed by atoms with Crippen LogP contribution in [0, 0.1) is 0 Å². The second-order valence-corrected chi connectivity index (χ2v) is 8.08. The van der Waals surface area contributed by atoms with Crippen molar-refractivity contribution in [1.29, 1.82) is 0 Å². The summed E-state index contributed by atoms with van der Waals surface area (Å²) in [6.07, 6.45) is 0.0625. The molecule has 1 aromatic rings. The van der Waals surface area contributed by atoms with Gasteiger partial charge in [0.1, 0.15) is 5.60 Å². The van der Waals surface area contributed by atoms with Gasteiger partial charge < -0.3 is 25.6 Å². The molecule has 1 heterocycles. The number of anilines is 1. The van der Waals surface area contributed by atoms with Crippen molar-refractivity contribution >= 4 is 47.6 Å². The minimum absolute atomic E-state index is 0. The van der Waals surface area contributed by atoms with E-state index in [4.69, 9.17) is 4.74 Å². The molecular weight excluding hydrogens is 497 g/mol. The molecule has 0 aromatic heterocycles. The van der Waals surface area contributed by atoms with Gasteiger partial charge in [-0.15, -0.1) is 24.0 Å². The molecule has 168 valence electrons. The van der Waals surface area contributed by atoms with Crippen LogP contribution in [0.25, 0.3) is 0 Å². The fourth-order valence-corrected chi connectivity index (χ4v) is 2.98. The monoisotopic (exact) mass is 531 g/mol. The van der Waals surface area contributed by atoms with Crippen LogP contribution in [0.15, 0.2) is 29.3 Å². The number of carbonyl (C=O) groups is 2. The zero-order chi connectivity index (χ0) is 21.4. The van der Waals surface area contributed by atoms with Crippen molar-refractivity contribution in [2.24, 2.45) is 4.99 Å². The number of nitrogens with zero attached hydrogens (tertiary/aromatic N) is 2. The van der Waals surface area contributed by atoms with Gasteiger partial charge in [0.25, 0.3) is 0 Å². The molecule has 0 saturated heterocycles. The highest BCUT2D eigenvalue weighted by Gasteiger charge is 2.24. The predicted molar refractivity (Wildman–Crippen MR) is 131 cm³/mol. The van der Waals surface area contributed by atoms with Crippen LogP contribution in [0.1, 0.15) is 45.6 Å². The molecule has 8 nitrogen and oxygen atoms in total. The number of aliphatic imine (C=N–C) groups is 1. The number of amides is 2. The zero-order valence-electron chi connectivity index (χ0n) is 18.4. The van der Waals surface area contributed by atoms with Crippen LogP contribution in [0.2, 0.25) is 0 Å². The van der Waals surface area contributed by atoms with Gasteiger partial charge in [-0.1, -0.05) is 18.2 Å². The highest BCUT2D eigenvalue weighted by Crippen LogP contribution is 2.31. The van der Waals surface area contributed by atoms with E-state index in [0.29, 0.717) is 32.0 Å². The number of hydrogen-bond acceptors (Lipinski definition) is 4. The van der Waals surface area contributed by atoms with E-state index in [-0.39, 0.29) is 41.9 Å². The molecule has 0 radical (unpaired) electrons. The average molecular weight is 531 g/mol. The van der Waals surface area contributed by atoms with Gasteiger partial charge in [-0.25, -0.2) is 4.79 Å². The number of para-hydroxylation sites is 1. The quantitative estimate of drug-likeness (QED) is 0.298. The first-order valence-electron chi connectivity index (χ1n) is 10.0. The van der Waals surface area contributed by atoms with E-state index in [9.17, 15) is 9.59 Å². The lowest BCUT2D eigenvalue weighted by Gasteiger charge is -2.25. The highest BCUT2D eigenvalue weighted by molar-refractivity contribution is 14.0. The molecule has 0 spiro atoms. The molecule has 0 fully saturated rings. The number of hydrogen-bond donors (Lipinski definition) is 3. The zero-order valence-corrected chi connectivity index (χ0v) is 20.8. The van der Waals surface area contributed by atoms with Crippen LogP contribution in [-0.2, 0) is 9.53 Å². The van der Waals surface area contributed by atoms with E-state index in [1.165, 1.54) is 4.90 Å². The summed E-state index contributed by atoms with van der Waals surface area (Å²) in [5.41, 5.74) is 1.45. The van der Waals surface area contributed by atoms with Gasteiger partial charge in [0.2, 0.25) is 5.91 Å². The van der Waals surface area contributed by atoms with Gasteiger partial charge in [0, 0.05) is 44.7 Å². The molecule has 3 N–H and O–H groups in total. The summed E-state index contributed by atoms with van der Waals surface area (Å²) in [5.74, 6) is 0.717. The number of halogens is 1. The lowest BCUT2D eigenvalue weighted by atomic mass is 9.91. The van der Waals surface area contributed by atoms with Gasteiger partial charge in [-0.2, -0.15) is 0 Å². The molecular formula is C21H34IN5O3. The Labute approximate surface area is 196 Å². The van der Waals surface area contributed by atoms with Crippen molar-refractivity contribution in [2.45, 2.75) is 45.6 Å². The van der Waals surface area contributed by atoms with Gasteiger partial charge in [0.05, 0.1) is 6.54 Å². The summed E-state index contributed by atoms with van der Waals surface area (Å²) in [7, 11) is 1.71. The van der Waals surface area contributed by atoms with Crippen molar-refractivity contribution in [3.63, 3.8) is 0 Å². The maximum atomic E-state index is 12.0. The molecule has 30 heavy (non-hydrogen) atoms. The second-order valence-electron chi connectivity index (χ2n) is 8.08. The summed E-state index contributed by atoms with van der Waals surface area (Å²) in [6, 6.07) is 7.84. The number of rotatable bonds is 6. The van der Waals surface area contributed by atoms with E-state index >= 15 is 0 Å². The molecule has 1 aliphatic rings. The van der Waals surface area contributed by atoms with Crippen LogP contribution in [0.4, 0.5) is 10.5 Å². The number of carbonyl (C=O) groups excluding carboxylic acids is 2. The second kappa shape index (κ2) is 12.0. The topological polar surface area (TPSA) is 95.1 Å². The standard InChI is InChI=1S/C21H33N5O3.HI/c1-6-22-19(23-11-12-26(5)20(28)29-21(2,3)4)24-14-15-13-18(27)25-17-10-8-7-9-16(15)17;/h7-10,15H,6,11-14H2,1-5H3,(H,25,27)(H2,22,23,24);1H. The maximum Gasteiger partial charge on any atom is 0.410 e. The average Bonchev–Trinajstić information content (AvgIpc) is 2.64. The molecule has 9 heteroatoms. The third-order valence-electron chi connectivity index (χ3n) is 4.37. The molecule has 0 saturated carbocycles. The maximum absolute atomic E-state index is 12.0. The molecule has 2 rings (SSSR count). The van der Waals surface area contributed by atoms with Crippen molar-refractivity contribution in [3.8, 4) is 0 Å². The first kappa shape index (κ1) is 26.0. The molecule has 1 aliphatic heterocycles. The smallest absolute Gasteiger partial charge is 0.410 e. The number of ether oxygens (including phenoxy) is 1. The Morgan fingerprint density at radius 3 is 2.67 bits per heavy atom. The minimum Gasteiger partial charge on any atom is -0.444 e. The van der Waals surface area contributed by atoms with Crippen LogP contribution < -0.4 is 16.0 Å². The number of benzene rings is 1. The molecule has 1 unspecified atom stereocenters. The summed E-state index contributed by atoms with van der Waals surface area (Å²) >= 11 is 0. The third kappa shape index (κ3) is 8.37. The Bertz CT molecular complexity index is 748. The molecule has 0 bridgehead atoms. The normalized spacial score (nSPS) is 16.0. The van der Waals surface area contributed by atoms with Crippen LogP contribution in [-0.4, -0.2) is 61.7 Å². The van der Waals surface area contributed by atoms with E-state index in [1.807, 2.05) is 52.0 Å². The first-order chi connectivity index (χ1) is 13.7. The Morgan fingerprint density at radius 1 is 1.30 bits per heavy atom. The minimum atomic E-state index is -0.516. The van der Waals surface area contributed by atoms with Crippen LogP contribution >= 0.6 is 24.0 Å². The van der Waals surface area contributed by atoms with Gasteiger partial charge in [-0.3, -0.25) is 9.79 Å². The van der Waals surface area contributed by atoms with E-state index in [0.717, 1.165) is 17.8 Å². The number of fused-ring (bicyclic) bond motifs is 1.